The van der Waals surface area contributed by atoms with E-state index in [9.17, 15) is 9.59 Å². The maximum atomic E-state index is 12.3. The first-order valence-corrected chi connectivity index (χ1v) is 7.37. The predicted molar refractivity (Wildman–Crippen MR) is 74.8 cm³/mol. The Labute approximate surface area is 116 Å². The molecule has 0 spiro atoms. The van der Waals surface area contributed by atoms with Crippen molar-refractivity contribution < 1.29 is 14.7 Å². The van der Waals surface area contributed by atoms with E-state index in [2.05, 4.69) is 6.92 Å². The Hall–Kier alpha value is -1.06. The molecule has 1 amide bonds. The van der Waals surface area contributed by atoms with Gasteiger partial charge in [-0.25, -0.2) is 0 Å². The number of carbonyl (C=O) groups excluding carboxylic acids is 1. The summed E-state index contributed by atoms with van der Waals surface area (Å²) >= 11 is 0. The molecular formula is C15H27NO3. The van der Waals surface area contributed by atoms with E-state index in [0.29, 0.717) is 6.04 Å². The Morgan fingerprint density at radius 3 is 2.11 bits per heavy atom. The summed E-state index contributed by atoms with van der Waals surface area (Å²) in [5.74, 6) is -1.21. The first kappa shape index (κ1) is 16.0. The smallest absolute Gasteiger partial charge is 0.307 e. The molecule has 0 aromatic carbocycles. The normalized spacial score (nSPS) is 26.5. The van der Waals surface area contributed by atoms with Gasteiger partial charge in [0.1, 0.15) is 0 Å². The van der Waals surface area contributed by atoms with Crippen molar-refractivity contribution >= 4 is 11.9 Å². The average molecular weight is 269 g/mol. The Morgan fingerprint density at radius 2 is 1.68 bits per heavy atom. The minimum absolute atomic E-state index is 0.0325. The molecule has 19 heavy (non-hydrogen) atoms. The highest BCUT2D eigenvalue weighted by molar-refractivity contribution is 5.84. The highest BCUT2D eigenvalue weighted by Crippen LogP contribution is 2.30. The fraction of sp³-hybridized carbons (Fsp3) is 0.867. The first-order valence-electron chi connectivity index (χ1n) is 7.37. The van der Waals surface area contributed by atoms with Crippen molar-refractivity contribution in [3.05, 3.63) is 0 Å². The van der Waals surface area contributed by atoms with E-state index in [1.54, 1.807) is 18.7 Å². The van der Waals surface area contributed by atoms with Crippen molar-refractivity contribution in [3.8, 4) is 0 Å². The number of carbonyl (C=O) groups is 2. The summed E-state index contributed by atoms with van der Waals surface area (Å²) in [6.07, 6.45) is 5.68. The summed E-state index contributed by atoms with van der Waals surface area (Å²) in [5, 5.41) is 8.99. The molecule has 2 atom stereocenters. The van der Waals surface area contributed by atoms with Crippen molar-refractivity contribution in [1.29, 1.82) is 0 Å². The molecule has 0 radical (unpaired) electrons. The van der Waals surface area contributed by atoms with Gasteiger partial charge in [0.05, 0.1) is 5.92 Å². The minimum atomic E-state index is -0.899. The Kier molecular flexibility index (Phi) is 5.83. The van der Waals surface area contributed by atoms with E-state index >= 15 is 0 Å². The number of hydrogen-bond acceptors (Lipinski definition) is 2. The van der Waals surface area contributed by atoms with Gasteiger partial charge in [0.15, 0.2) is 0 Å². The molecule has 2 unspecified atom stereocenters. The molecule has 1 aliphatic carbocycles. The average Bonchev–Trinajstić information content (AvgIpc) is 2.44. The lowest BCUT2D eigenvalue weighted by Crippen LogP contribution is -2.44. The van der Waals surface area contributed by atoms with Crippen LogP contribution < -0.4 is 0 Å². The number of amides is 1. The van der Waals surface area contributed by atoms with Crippen LogP contribution in [0.15, 0.2) is 0 Å². The second-order valence-corrected chi connectivity index (χ2v) is 5.95. The quantitative estimate of drug-likeness (QED) is 0.835. The summed E-state index contributed by atoms with van der Waals surface area (Å²) in [5.41, 5.74) is 0. The second kappa shape index (κ2) is 6.92. The van der Waals surface area contributed by atoms with Gasteiger partial charge in [-0.3, -0.25) is 9.59 Å². The zero-order valence-corrected chi connectivity index (χ0v) is 12.6. The van der Waals surface area contributed by atoms with Crippen LogP contribution in [0.2, 0.25) is 0 Å². The Balaban J connectivity index is 2.55. The van der Waals surface area contributed by atoms with Gasteiger partial charge in [-0.05, 0) is 31.6 Å². The number of carboxylic acids is 1. The summed E-state index contributed by atoms with van der Waals surface area (Å²) < 4.78 is 0. The molecule has 1 N–H and O–H groups in total. The van der Waals surface area contributed by atoms with Crippen LogP contribution >= 0.6 is 0 Å². The van der Waals surface area contributed by atoms with Gasteiger partial charge in [0.2, 0.25) is 5.91 Å². The summed E-state index contributed by atoms with van der Waals surface area (Å²) in [6.45, 7) is 5.54. The molecule has 1 fully saturated rings. The highest BCUT2D eigenvalue weighted by atomic mass is 16.4. The minimum Gasteiger partial charge on any atom is -0.481 e. The fourth-order valence-electron chi connectivity index (χ4n) is 2.87. The van der Waals surface area contributed by atoms with Crippen molar-refractivity contribution in [3.63, 3.8) is 0 Å². The van der Waals surface area contributed by atoms with E-state index in [1.165, 1.54) is 19.3 Å². The number of hydrogen-bond donors (Lipinski definition) is 1. The number of rotatable bonds is 5. The van der Waals surface area contributed by atoms with Crippen LogP contribution in [0.1, 0.15) is 52.9 Å². The molecule has 0 aromatic rings. The number of carboxylic acid groups (broad SMARTS) is 1. The van der Waals surface area contributed by atoms with Crippen molar-refractivity contribution in [1.82, 2.24) is 4.90 Å². The zero-order valence-electron chi connectivity index (χ0n) is 12.6. The van der Waals surface area contributed by atoms with Crippen LogP contribution in [0.4, 0.5) is 0 Å². The van der Waals surface area contributed by atoms with Crippen LogP contribution in [0.25, 0.3) is 0 Å². The van der Waals surface area contributed by atoms with Gasteiger partial charge >= 0.3 is 5.97 Å². The summed E-state index contributed by atoms with van der Waals surface area (Å²) in [7, 11) is 1.82. The lowest BCUT2D eigenvalue weighted by molar-refractivity contribution is -0.149. The molecule has 0 aliphatic heterocycles. The second-order valence-electron chi connectivity index (χ2n) is 5.95. The maximum Gasteiger partial charge on any atom is 0.307 e. The molecule has 0 bridgehead atoms. The third-order valence-corrected chi connectivity index (χ3v) is 4.82. The number of aliphatic carboxylic acids is 1. The van der Waals surface area contributed by atoms with Crippen molar-refractivity contribution in [2.24, 2.45) is 17.8 Å². The Morgan fingerprint density at radius 1 is 1.16 bits per heavy atom. The molecule has 0 aromatic heterocycles. The molecule has 1 aliphatic rings. The van der Waals surface area contributed by atoms with Gasteiger partial charge in [-0.1, -0.05) is 27.2 Å². The van der Waals surface area contributed by atoms with Gasteiger partial charge in [0, 0.05) is 19.0 Å². The van der Waals surface area contributed by atoms with Gasteiger partial charge < -0.3 is 10.0 Å². The monoisotopic (exact) mass is 269 g/mol. The van der Waals surface area contributed by atoms with E-state index in [-0.39, 0.29) is 5.91 Å². The lowest BCUT2D eigenvalue weighted by atomic mass is 9.83. The maximum absolute atomic E-state index is 12.3. The van der Waals surface area contributed by atoms with Gasteiger partial charge in [-0.2, -0.15) is 0 Å². The van der Waals surface area contributed by atoms with Crippen LogP contribution in [-0.2, 0) is 9.59 Å². The molecular weight excluding hydrogens is 242 g/mol. The molecule has 4 nitrogen and oxygen atoms in total. The SMILES string of the molecule is CCC1CCC(N(C)C(=O)C(C)C(C)C(=O)O)CC1. The first-order chi connectivity index (χ1) is 8.88. The van der Waals surface area contributed by atoms with E-state index < -0.39 is 17.8 Å². The predicted octanol–water partition coefficient (Wildman–Crippen LogP) is 2.77. The molecule has 0 heterocycles. The van der Waals surface area contributed by atoms with E-state index in [1.807, 2.05) is 7.05 Å². The van der Waals surface area contributed by atoms with Crippen LogP contribution in [0.3, 0.4) is 0 Å². The summed E-state index contributed by atoms with van der Waals surface area (Å²) in [6, 6.07) is 0.291. The van der Waals surface area contributed by atoms with Crippen LogP contribution in [0, 0.1) is 17.8 Å². The molecule has 4 heteroatoms. The highest BCUT2D eigenvalue weighted by Gasteiger charge is 2.32. The zero-order chi connectivity index (χ0) is 14.6. The van der Waals surface area contributed by atoms with Crippen LogP contribution in [-0.4, -0.2) is 35.0 Å². The van der Waals surface area contributed by atoms with Gasteiger partial charge in [-0.15, -0.1) is 0 Å². The van der Waals surface area contributed by atoms with E-state index in [0.717, 1.165) is 18.8 Å². The number of nitrogens with zero attached hydrogens (tertiary/aromatic N) is 1. The van der Waals surface area contributed by atoms with E-state index in [4.69, 9.17) is 5.11 Å². The third-order valence-electron chi connectivity index (χ3n) is 4.82. The third kappa shape index (κ3) is 3.95. The molecule has 0 saturated heterocycles. The fourth-order valence-corrected chi connectivity index (χ4v) is 2.87. The van der Waals surface area contributed by atoms with Gasteiger partial charge in [0.25, 0.3) is 0 Å². The largest absolute Gasteiger partial charge is 0.481 e. The summed E-state index contributed by atoms with van der Waals surface area (Å²) in [4.78, 5) is 25.0. The molecule has 1 saturated carbocycles. The Bertz CT molecular complexity index is 321. The van der Waals surface area contributed by atoms with Crippen molar-refractivity contribution in [2.75, 3.05) is 7.05 Å². The molecule has 1 rings (SSSR count). The standard InChI is InChI=1S/C15H27NO3/c1-5-12-6-8-13(9-7-12)16(4)14(17)10(2)11(3)15(18)19/h10-13H,5-9H2,1-4H3,(H,18,19). The lowest BCUT2D eigenvalue weighted by Gasteiger charge is -2.36. The molecule has 110 valence electrons. The topological polar surface area (TPSA) is 57.6 Å². The van der Waals surface area contributed by atoms with Crippen LogP contribution in [0.5, 0.6) is 0 Å². The van der Waals surface area contributed by atoms with Crippen molar-refractivity contribution in [2.45, 2.75) is 58.9 Å².